The van der Waals surface area contributed by atoms with Crippen molar-refractivity contribution in [2.45, 2.75) is 37.0 Å². The normalized spacial score (nSPS) is 18.2. The molecule has 0 aromatic heterocycles. The molecule has 1 amide bonds. The molecule has 154 valence electrons. The molecule has 7 heteroatoms. The van der Waals surface area contributed by atoms with Crippen molar-refractivity contribution in [3.8, 4) is 0 Å². The smallest absolute Gasteiger partial charge is 0.253 e. The molecule has 29 heavy (non-hydrogen) atoms. The first kappa shape index (κ1) is 20.0. The minimum atomic E-state index is -3.70. The summed E-state index contributed by atoms with van der Waals surface area (Å²) in [4.78, 5) is 14.8. The van der Waals surface area contributed by atoms with Crippen molar-refractivity contribution in [2.75, 3.05) is 26.2 Å². The number of amides is 1. The number of nitrogens with zero attached hydrogens (tertiary/aromatic N) is 2. The van der Waals surface area contributed by atoms with E-state index in [0.29, 0.717) is 31.6 Å². The van der Waals surface area contributed by atoms with Crippen molar-refractivity contribution in [3.05, 3.63) is 65.0 Å². The summed E-state index contributed by atoms with van der Waals surface area (Å²) in [6.45, 7) is 1.44. The lowest BCUT2D eigenvalue weighted by Gasteiger charge is -2.23. The van der Waals surface area contributed by atoms with E-state index in [-0.39, 0.29) is 17.3 Å². The molecule has 0 saturated carbocycles. The van der Waals surface area contributed by atoms with E-state index in [4.69, 9.17) is 0 Å². The van der Waals surface area contributed by atoms with Gasteiger partial charge in [0, 0.05) is 31.7 Å². The third kappa shape index (κ3) is 4.21. The number of carbonyl (C=O) groups is 1. The maximum Gasteiger partial charge on any atom is 0.253 e. The molecule has 5 nitrogen and oxygen atoms in total. The van der Waals surface area contributed by atoms with E-state index in [2.05, 4.69) is 6.07 Å². The number of rotatable bonds is 3. The molecule has 0 spiro atoms. The lowest BCUT2D eigenvalue weighted by atomic mass is 9.90. The van der Waals surface area contributed by atoms with Gasteiger partial charge in [0.2, 0.25) is 10.0 Å². The monoisotopic (exact) mass is 416 g/mol. The van der Waals surface area contributed by atoms with Gasteiger partial charge in [-0.2, -0.15) is 4.31 Å². The summed E-state index contributed by atoms with van der Waals surface area (Å²) in [7, 11) is -3.70. The summed E-state index contributed by atoms with van der Waals surface area (Å²) in [6.07, 6.45) is 5.01. The van der Waals surface area contributed by atoms with Crippen LogP contribution in [0.4, 0.5) is 4.39 Å². The third-order valence-electron chi connectivity index (χ3n) is 5.79. The van der Waals surface area contributed by atoms with Crippen molar-refractivity contribution in [3.63, 3.8) is 0 Å². The predicted molar refractivity (Wildman–Crippen MR) is 109 cm³/mol. The minimum Gasteiger partial charge on any atom is -0.337 e. The summed E-state index contributed by atoms with van der Waals surface area (Å²) >= 11 is 0. The van der Waals surface area contributed by atoms with Crippen LogP contribution in [0, 0.1) is 5.82 Å². The van der Waals surface area contributed by atoms with E-state index in [0.717, 1.165) is 31.4 Å². The van der Waals surface area contributed by atoms with E-state index < -0.39 is 15.8 Å². The highest BCUT2D eigenvalue weighted by molar-refractivity contribution is 7.89. The molecule has 2 aromatic carbocycles. The van der Waals surface area contributed by atoms with E-state index >= 15 is 0 Å². The second-order valence-electron chi connectivity index (χ2n) is 7.69. The van der Waals surface area contributed by atoms with Gasteiger partial charge in [-0.05, 0) is 79.6 Å². The molecule has 1 aliphatic carbocycles. The molecule has 0 radical (unpaired) electrons. The number of sulfonamides is 1. The fourth-order valence-corrected chi connectivity index (χ4v) is 5.61. The van der Waals surface area contributed by atoms with Gasteiger partial charge >= 0.3 is 0 Å². The first-order chi connectivity index (χ1) is 13.9. The highest BCUT2D eigenvalue weighted by Crippen LogP contribution is 2.24. The van der Waals surface area contributed by atoms with Gasteiger partial charge in [-0.1, -0.05) is 6.07 Å². The standard InChI is InChI=1S/C22H25FN2O3S/c23-20-8-10-21(11-9-20)29(27,28)25-13-3-12-24(14-15-25)22(26)19-7-6-17-4-1-2-5-18(17)16-19/h6-11,16H,1-5,12-15H2. The lowest BCUT2D eigenvalue weighted by molar-refractivity contribution is 0.0764. The van der Waals surface area contributed by atoms with Gasteiger partial charge in [-0.3, -0.25) is 4.79 Å². The average Bonchev–Trinajstić information content (AvgIpc) is 3.00. The average molecular weight is 417 g/mol. The topological polar surface area (TPSA) is 57.7 Å². The first-order valence-electron chi connectivity index (χ1n) is 10.1. The number of aryl methyl sites for hydroxylation is 2. The van der Waals surface area contributed by atoms with Crippen LogP contribution in [0.3, 0.4) is 0 Å². The maximum atomic E-state index is 13.1. The van der Waals surface area contributed by atoms with Crippen molar-refractivity contribution in [1.82, 2.24) is 9.21 Å². The SMILES string of the molecule is O=C(c1ccc2c(c1)CCCC2)N1CCCN(S(=O)(=O)c2ccc(F)cc2)CC1. The summed E-state index contributed by atoms with van der Waals surface area (Å²) < 4.78 is 40.2. The fraction of sp³-hybridized carbons (Fsp3) is 0.409. The molecule has 0 N–H and O–H groups in total. The molecular formula is C22H25FN2O3S. The molecule has 1 fully saturated rings. The summed E-state index contributed by atoms with van der Waals surface area (Å²) in [5, 5.41) is 0. The Morgan fingerprint density at radius 1 is 0.828 bits per heavy atom. The molecular weight excluding hydrogens is 391 g/mol. The molecule has 4 rings (SSSR count). The highest BCUT2D eigenvalue weighted by Gasteiger charge is 2.28. The van der Waals surface area contributed by atoms with Crippen molar-refractivity contribution < 1.29 is 17.6 Å². The Kier molecular flexibility index (Phi) is 5.69. The quantitative estimate of drug-likeness (QED) is 0.772. The summed E-state index contributed by atoms with van der Waals surface area (Å²) in [6, 6.07) is 10.8. The van der Waals surface area contributed by atoms with Crippen LogP contribution >= 0.6 is 0 Å². The Bertz CT molecular complexity index is 1010. The van der Waals surface area contributed by atoms with Crippen LogP contribution in [-0.2, 0) is 22.9 Å². The van der Waals surface area contributed by atoms with Crippen LogP contribution in [0.2, 0.25) is 0 Å². The van der Waals surface area contributed by atoms with E-state index in [9.17, 15) is 17.6 Å². The Morgan fingerprint density at radius 3 is 2.31 bits per heavy atom. The number of benzene rings is 2. The lowest BCUT2D eigenvalue weighted by Crippen LogP contribution is -2.37. The van der Waals surface area contributed by atoms with E-state index in [1.165, 1.54) is 34.0 Å². The van der Waals surface area contributed by atoms with Crippen LogP contribution in [0.1, 0.15) is 40.7 Å². The number of carbonyl (C=O) groups excluding carboxylic acids is 1. The van der Waals surface area contributed by atoms with E-state index in [1.54, 1.807) is 4.90 Å². The third-order valence-corrected chi connectivity index (χ3v) is 7.70. The Balaban J connectivity index is 1.47. The maximum absolute atomic E-state index is 13.1. The zero-order valence-corrected chi connectivity index (χ0v) is 17.1. The molecule has 0 atom stereocenters. The van der Waals surface area contributed by atoms with Crippen LogP contribution < -0.4 is 0 Å². The number of fused-ring (bicyclic) bond motifs is 1. The van der Waals surface area contributed by atoms with Crippen LogP contribution in [0.5, 0.6) is 0 Å². The molecule has 0 bridgehead atoms. The largest absolute Gasteiger partial charge is 0.337 e. The van der Waals surface area contributed by atoms with Crippen LogP contribution in [0.15, 0.2) is 47.4 Å². The van der Waals surface area contributed by atoms with Gasteiger partial charge in [-0.25, -0.2) is 12.8 Å². The second kappa shape index (κ2) is 8.24. The number of halogens is 1. The second-order valence-corrected chi connectivity index (χ2v) is 9.63. The minimum absolute atomic E-state index is 0.0422. The molecule has 0 unspecified atom stereocenters. The zero-order chi connectivity index (χ0) is 20.4. The van der Waals surface area contributed by atoms with Gasteiger partial charge < -0.3 is 4.90 Å². The van der Waals surface area contributed by atoms with Gasteiger partial charge in [-0.15, -0.1) is 0 Å². The molecule has 1 saturated heterocycles. The Hall–Kier alpha value is -2.25. The summed E-state index contributed by atoms with van der Waals surface area (Å²) in [5.74, 6) is -0.513. The molecule has 1 aliphatic heterocycles. The van der Waals surface area contributed by atoms with Gasteiger partial charge in [0.25, 0.3) is 5.91 Å². The Labute approximate surface area is 171 Å². The van der Waals surface area contributed by atoms with Crippen molar-refractivity contribution in [2.24, 2.45) is 0 Å². The van der Waals surface area contributed by atoms with Gasteiger partial charge in [0.15, 0.2) is 0 Å². The van der Waals surface area contributed by atoms with Gasteiger partial charge in [0.1, 0.15) is 5.82 Å². The number of hydrogen-bond acceptors (Lipinski definition) is 3. The van der Waals surface area contributed by atoms with Gasteiger partial charge in [0.05, 0.1) is 4.90 Å². The van der Waals surface area contributed by atoms with Crippen molar-refractivity contribution in [1.29, 1.82) is 0 Å². The molecule has 2 aliphatic rings. The van der Waals surface area contributed by atoms with Crippen molar-refractivity contribution >= 4 is 15.9 Å². The van der Waals surface area contributed by atoms with Crippen LogP contribution in [-0.4, -0.2) is 49.7 Å². The zero-order valence-electron chi connectivity index (χ0n) is 16.3. The molecule has 1 heterocycles. The highest BCUT2D eigenvalue weighted by atomic mass is 32.2. The van der Waals surface area contributed by atoms with Crippen LogP contribution in [0.25, 0.3) is 0 Å². The molecule has 2 aromatic rings. The Morgan fingerprint density at radius 2 is 1.55 bits per heavy atom. The number of hydrogen-bond donors (Lipinski definition) is 0. The first-order valence-corrected chi connectivity index (χ1v) is 11.6. The fourth-order valence-electron chi connectivity index (χ4n) is 4.14. The predicted octanol–water partition coefficient (Wildman–Crippen LogP) is 3.24. The van der Waals surface area contributed by atoms with E-state index in [1.807, 2.05) is 12.1 Å². The summed E-state index contributed by atoms with van der Waals surface area (Å²) in [5.41, 5.74) is 3.28.